The molecule has 0 aromatic heterocycles. The van der Waals surface area contributed by atoms with Gasteiger partial charge in [-0.05, 0) is 35.2 Å². The van der Waals surface area contributed by atoms with E-state index in [1.165, 1.54) is 0 Å². The first-order valence-electron chi connectivity index (χ1n) is 18.4. The van der Waals surface area contributed by atoms with Crippen molar-refractivity contribution in [2.45, 2.75) is 82.7 Å². The smallest absolute Gasteiger partial charge is 0.373 e. The quantitative estimate of drug-likeness (QED) is 0.125. The van der Waals surface area contributed by atoms with Crippen molar-refractivity contribution >= 4 is 12.1 Å². The van der Waals surface area contributed by atoms with Gasteiger partial charge in [-0.3, -0.25) is 0 Å². The van der Waals surface area contributed by atoms with Gasteiger partial charge in [0.2, 0.25) is 0 Å². The van der Waals surface area contributed by atoms with E-state index in [9.17, 15) is 4.79 Å². The first kappa shape index (κ1) is 41.6. The second kappa shape index (κ2) is 21.5. The molecule has 6 rings (SSSR count). The first-order valence-corrected chi connectivity index (χ1v) is 18.4. The molecule has 55 heavy (non-hydrogen) atoms. The van der Waals surface area contributed by atoms with Crippen LogP contribution in [-0.4, -0.2) is 82.2 Å². The zero-order valence-electron chi connectivity index (χ0n) is 31.6. The van der Waals surface area contributed by atoms with E-state index in [0.29, 0.717) is 25.2 Å². The van der Waals surface area contributed by atoms with Gasteiger partial charge in [-0.1, -0.05) is 123 Å². The van der Waals surface area contributed by atoms with Gasteiger partial charge in [0.05, 0.1) is 37.6 Å². The summed E-state index contributed by atoms with van der Waals surface area (Å²) in [7, 11) is 3.25. The Morgan fingerprint density at radius 3 is 1.69 bits per heavy atom. The highest BCUT2D eigenvalue weighted by Gasteiger charge is 2.52. The predicted octanol–water partition coefficient (Wildman–Crippen LogP) is 6.44. The maximum Gasteiger partial charge on any atom is 0.373 e. The summed E-state index contributed by atoms with van der Waals surface area (Å²) in [4.78, 5) is 29.8. The molecule has 0 amide bonds. The van der Waals surface area contributed by atoms with E-state index in [2.05, 4.69) is 26.0 Å². The fourth-order valence-electron chi connectivity index (χ4n) is 7.12. The van der Waals surface area contributed by atoms with Gasteiger partial charge in [-0.15, -0.1) is 0 Å². The Morgan fingerprint density at radius 2 is 1.13 bits per heavy atom. The number of hydrogen-bond acceptors (Lipinski definition) is 11. The number of benzene rings is 4. The summed E-state index contributed by atoms with van der Waals surface area (Å²) < 4.78 is 51.4. The van der Waals surface area contributed by atoms with Crippen LogP contribution >= 0.6 is 0 Å². The minimum atomic E-state index is -0.996. The third-order valence-corrected chi connectivity index (χ3v) is 9.99. The Morgan fingerprint density at radius 1 is 0.600 bits per heavy atom. The lowest BCUT2D eigenvalue weighted by atomic mass is 9.86. The summed E-state index contributed by atoms with van der Waals surface area (Å²) in [5, 5.41) is 0. The molecule has 10 atom stereocenters. The molecule has 0 radical (unpaired) electrons. The lowest BCUT2D eigenvalue weighted by Gasteiger charge is -2.49. The van der Waals surface area contributed by atoms with Crippen molar-refractivity contribution < 1.29 is 52.3 Å². The Hall–Kier alpha value is -4.55. The number of rotatable bonds is 15. The van der Waals surface area contributed by atoms with Crippen molar-refractivity contribution in [3.05, 3.63) is 144 Å². The normalized spacial score (nSPS) is 27.6. The highest BCUT2D eigenvalue weighted by Crippen LogP contribution is 2.38. The summed E-state index contributed by atoms with van der Waals surface area (Å²) in [5.74, 6) is -0.879. The van der Waals surface area contributed by atoms with Gasteiger partial charge in [0.1, 0.15) is 18.3 Å². The van der Waals surface area contributed by atoms with Crippen molar-refractivity contribution in [1.29, 1.82) is 0 Å². The first-order chi connectivity index (χ1) is 26.9. The molecular weight excluding hydrogens is 704 g/mol. The van der Waals surface area contributed by atoms with E-state index in [4.69, 9.17) is 47.5 Å². The maximum atomic E-state index is 13.6. The standard InChI is InChI=1S/C43H50O9.CO2/c1-29-35(25-31-17-9-5-10-18-31)49-43(40(38(29)45-3)51-41(44)34-23-15-8-16-24-34)52-37-30(2)39(48-27-33-21-13-7-14-22-33)42(46-4)50-36(37)28-47-26-32-19-11-6-12-20-32;2-1-3/h5-24,29-30,35-40,42-43H,25-28H2,1-4H3;/t29-,30?,35?,36+,37+,38-,39?,40?,42+,43+;/m1./s1. The summed E-state index contributed by atoms with van der Waals surface area (Å²) in [6.07, 6.45) is -4.18. The summed E-state index contributed by atoms with van der Waals surface area (Å²) in [6, 6.07) is 39.0. The summed E-state index contributed by atoms with van der Waals surface area (Å²) >= 11 is 0. The number of esters is 1. The van der Waals surface area contributed by atoms with Crippen molar-refractivity contribution in [1.82, 2.24) is 0 Å². The number of carbonyl (C=O) groups is 1. The highest BCUT2D eigenvalue weighted by molar-refractivity contribution is 5.89. The van der Waals surface area contributed by atoms with Crippen LogP contribution in [0, 0.1) is 11.8 Å². The van der Waals surface area contributed by atoms with Crippen LogP contribution in [0.5, 0.6) is 0 Å². The number of hydrogen-bond donors (Lipinski definition) is 0. The molecule has 2 aliphatic rings. The van der Waals surface area contributed by atoms with Crippen molar-refractivity contribution in [3.63, 3.8) is 0 Å². The van der Waals surface area contributed by atoms with Gasteiger partial charge in [0.15, 0.2) is 18.7 Å². The molecule has 4 aromatic carbocycles. The molecule has 2 saturated heterocycles. The largest absolute Gasteiger partial charge is 0.451 e. The van der Waals surface area contributed by atoms with E-state index in [1.807, 2.05) is 84.9 Å². The second-order valence-electron chi connectivity index (χ2n) is 13.6. The summed E-state index contributed by atoms with van der Waals surface area (Å²) in [6.45, 7) is 5.09. The molecule has 0 spiro atoms. The lowest BCUT2D eigenvalue weighted by molar-refractivity contribution is -0.349. The molecule has 0 N–H and O–H groups in total. The van der Waals surface area contributed by atoms with Crippen LogP contribution in [0.3, 0.4) is 0 Å². The van der Waals surface area contributed by atoms with E-state index >= 15 is 0 Å². The fourth-order valence-corrected chi connectivity index (χ4v) is 7.12. The second-order valence-corrected chi connectivity index (χ2v) is 13.6. The highest BCUT2D eigenvalue weighted by atomic mass is 16.7. The molecule has 292 valence electrons. The third kappa shape index (κ3) is 11.5. The maximum absolute atomic E-state index is 13.6. The van der Waals surface area contributed by atoms with Crippen LogP contribution in [0.15, 0.2) is 121 Å². The SMILES string of the molecule is CO[C@H]1O[C@@H](COCc2ccccc2)[C@@H](O[C@@H]2OC(Cc3ccccc3)[C@@H](C)[C@@H](OC)C2OC(=O)c2ccccc2)C(C)C1OCc1ccccc1.O=C=O. The molecular formula is C44H50O11. The molecule has 0 bridgehead atoms. The van der Waals surface area contributed by atoms with E-state index in [0.717, 1.165) is 16.7 Å². The van der Waals surface area contributed by atoms with Gasteiger partial charge in [-0.2, -0.15) is 9.59 Å². The van der Waals surface area contributed by atoms with E-state index in [1.54, 1.807) is 38.5 Å². The molecule has 0 aliphatic carbocycles. The number of ether oxygens (including phenoxy) is 8. The van der Waals surface area contributed by atoms with E-state index < -0.39 is 49.1 Å². The van der Waals surface area contributed by atoms with Crippen LogP contribution in [-0.2, 0) is 67.1 Å². The molecule has 2 fully saturated rings. The Bertz CT molecular complexity index is 1720. The Balaban J connectivity index is 0.00000187. The average Bonchev–Trinajstić information content (AvgIpc) is 3.22. The third-order valence-electron chi connectivity index (χ3n) is 9.99. The molecule has 11 nitrogen and oxygen atoms in total. The zero-order chi connectivity index (χ0) is 39.0. The monoisotopic (exact) mass is 754 g/mol. The van der Waals surface area contributed by atoms with Gasteiger partial charge in [0.25, 0.3) is 0 Å². The van der Waals surface area contributed by atoms with Crippen LogP contribution in [0.1, 0.15) is 40.9 Å². The molecule has 11 heteroatoms. The molecule has 4 aromatic rings. The van der Waals surface area contributed by atoms with Crippen LogP contribution in [0.2, 0.25) is 0 Å². The zero-order valence-corrected chi connectivity index (χ0v) is 31.6. The van der Waals surface area contributed by atoms with Crippen LogP contribution in [0.4, 0.5) is 0 Å². The fraction of sp³-hybridized carbons (Fsp3) is 0.409. The van der Waals surface area contributed by atoms with Crippen molar-refractivity contribution in [2.75, 3.05) is 20.8 Å². The summed E-state index contributed by atoms with van der Waals surface area (Å²) in [5.41, 5.74) is 3.61. The predicted molar refractivity (Wildman–Crippen MR) is 200 cm³/mol. The molecule has 0 saturated carbocycles. The minimum Gasteiger partial charge on any atom is -0.451 e. The molecule has 2 heterocycles. The van der Waals surface area contributed by atoms with Crippen molar-refractivity contribution in [2.24, 2.45) is 11.8 Å². The average molecular weight is 755 g/mol. The topological polar surface area (TPSA) is 125 Å². The van der Waals surface area contributed by atoms with E-state index in [-0.39, 0.29) is 30.7 Å². The molecule has 2 aliphatic heterocycles. The minimum absolute atomic E-state index is 0.136. The van der Waals surface area contributed by atoms with Gasteiger partial charge in [0, 0.05) is 26.1 Å². The molecule has 4 unspecified atom stereocenters. The van der Waals surface area contributed by atoms with Crippen LogP contribution < -0.4 is 0 Å². The van der Waals surface area contributed by atoms with Gasteiger partial charge < -0.3 is 37.9 Å². The number of methoxy groups -OCH3 is 2. The van der Waals surface area contributed by atoms with Crippen molar-refractivity contribution in [3.8, 4) is 0 Å². The van der Waals surface area contributed by atoms with Gasteiger partial charge in [-0.25, -0.2) is 4.79 Å². The Labute approximate surface area is 322 Å². The Kier molecular flexibility index (Phi) is 16.3. The number of carbonyl (C=O) groups excluding carboxylic acids is 3. The lowest BCUT2D eigenvalue weighted by Crippen LogP contribution is -2.62. The van der Waals surface area contributed by atoms with Crippen LogP contribution in [0.25, 0.3) is 0 Å². The van der Waals surface area contributed by atoms with Gasteiger partial charge >= 0.3 is 12.1 Å².